The first-order valence-electron chi connectivity index (χ1n) is 16.3. The van der Waals surface area contributed by atoms with Crippen LogP contribution in [0.5, 0.6) is 6.01 Å². The molecule has 8 nitrogen and oxygen atoms in total. The van der Waals surface area contributed by atoms with E-state index in [9.17, 15) is 17.6 Å². The summed E-state index contributed by atoms with van der Waals surface area (Å²) in [5.41, 5.74) is 2.48. The third-order valence-corrected chi connectivity index (χ3v) is 7.19. The van der Waals surface area contributed by atoms with E-state index in [4.69, 9.17) is 10.5 Å². The number of likely N-dealkylation sites (N-methyl/N-ethyl adjacent to an activating group) is 1. The lowest BCUT2D eigenvalue weighted by molar-refractivity contribution is -0.137. The molecule has 1 aromatic carbocycles. The minimum Gasteiger partial charge on any atom is -0.463 e. The second kappa shape index (κ2) is 19.0. The Morgan fingerprint density at radius 1 is 0.979 bits per heavy atom. The van der Waals surface area contributed by atoms with Crippen molar-refractivity contribution in [2.24, 2.45) is 5.92 Å². The molecule has 264 valence electrons. The third-order valence-electron chi connectivity index (χ3n) is 7.19. The summed E-state index contributed by atoms with van der Waals surface area (Å²) in [5, 5.41) is 6.33. The molecule has 3 aromatic heterocycles. The maximum Gasteiger partial charge on any atom is 0.417 e. The highest BCUT2D eigenvalue weighted by atomic mass is 19.4. The number of nitrogens with zero attached hydrogens (tertiary/aromatic N) is 4. The number of nitrogens with one attached hydrogen (secondary N) is 2. The molecule has 4 rings (SSSR count). The number of fused-ring (bicyclic) bond motifs is 1. The average molecular weight is 678 g/mol. The zero-order valence-corrected chi connectivity index (χ0v) is 29.1. The molecule has 0 radical (unpaired) electrons. The summed E-state index contributed by atoms with van der Waals surface area (Å²) < 4.78 is 79.0. The Hall–Kier alpha value is -4.13. The van der Waals surface area contributed by atoms with Gasteiger partial charge in [-0.1, -0.05) is 60.5 Å². The monoisotopic (exact) mass is 677 g/mol. The molecule has 48 heavy (non-hydrogen) atoms. The number of rotatable bonds is 12. The molecule has 0 aliphatic rings. The highest BCUT2D eigenvalue weighted by molar-refractivity contribution is 5.94. The van der Waals surface area contributed by atoms with E-state index < -0.39 is 45.9 Å². The molecule has 0 aliphatic carbocycles. The lowest BCUT2D eigenvalue weighted by Gasteiger charge is -2.20. The van der Waals surface area contributed by atoms with Gasteiger partial charge in [0.2, 0.25) is 0 Å². The van der Waals surface area contributed by atoms with Crippen molar-refractivity contribution in [2.45, 2.75) is 80.3 Å². The van der Waals surface area contributed by atoms with Crippen LogP contribution in [0.15, 0.2) is 30.5 Å². The number of benzene rings is 1. The molecule has 0 amide bonds. The molecule has 13 heteroatoms. The van der Waals surface area contributed by atoms with Crippen molar-refractivity contribution in [3.05, 3.63) is 64.6 Å². The van der Waals surface area contributed by atoms with Crippen molar-refractivity contribution in [1.82, 2.24) is 25.3 Å². The molecule has 0 saturated heterocycles. The second-order valence-electron chi connectivity index (χ2n) is 11.1. The van der Waals surface area contributed by atoms with Gasteiger partial charge in [0.15, 0.2) is 5.82 Å². The van der Waals surface area contributed by atoms with Gasteiger partial charge in [-0.25, -0.2) is 13.8 Å². The number of ether oxygens (including phenoxy) is 1. The van der Waals surface area contributed by atoms with Gasteiger partial charge in [0.05, 0.1) is 28.9 Å². The fourth-order valence-electron chi connectivity index (χ4n) is 4.48. The number of nitrogen functional groups attached to an aromatic ring is 1. The van der Waals surface area contributed by atoms with Gasteiger partial charge in [-0.3, -0.25) is 4.98 Å². The summed E-state index contributed by atoms with van der Waals surface area (Å²) in [6.07, 6.45) is -0.816. The van der Waals surface area contributed by atoms with E-state index in [1.165, 1.54) is 6.42 Å². The average Bonchev–Trinajstić information content (AvgIpc) is 3.06. The first kappa shape index (κ1) is 40.0. The van der Waals surface area contributed by atoms with Crippen LogP contribution in [-0.4, -0.2) is 46.7 Å². The van der Waals surface area contributed by atoms with Gasteiger partial charge in [-0.15, -0.1) is 0 Å². The Morgan fingerprint density at radius 3 is 2.23 bits per heavy atom. The molecule has 4 aromatic rings. The van der Waals surface area contributed by atoms with Crippen molar-refractivity contribution in [3.63, 3.8) is 0 Å². The molecule has 0 unspecified atom stereocenters. The Morgan fingerprint density at radius 2 is 1.67 bits per heavy atom. The standard InChI is InChI=1S/C28H30F5N7O.C5H12.C2H6/c1-4-7-19-20-25(23(30)24(38-19)17-14-18(34)22(29)15(2)21(17)28(31,32)33)39-27(40-26(20)37-12-11-35-3)41-13-9-16-8-5-6-10-36-16;1-4-5(2)3;1-2/h5-6,8,10,14,35H,4,7,9,11-13,34H2,1-3H3,(H,37,39,40);5H,4H2,1-3H3;1-2H3. The summed E-state index contributed by atoms with van der Waals surface area (Å²) in [6, 6.07) is 6.01. The summed E-state index contributed by atoms with van der Waals surface area (Å²) >= 11 is 0. The summed E-state index contributed by atoms with van der Waals surface area (Å²) in [6.45, 7) is 14.5. The molecule has 0 spiro atoms. The summed E-state index contributed by atoms with van der Waals surface area (Å²) in [4.78, 5) is 17.3. The number of pyridine rings is 2. The van der Waals surface area contributed by atoms with E-state index in [1.807, 2.05) is 32.9 Å². The van der Waals surface area contributed by atoms with E-state index in [0.717, 1.165) is 24.6 Å². The van der Waals surface area contributed by atoms with Crippen molar-refractivity contribution in [1.29, 1.82) is 0 Å². The molecule has 4 N–H and O–H groups in total. The van der Waals surface area contributed by atoms with E-state index in [0.29, 0.717) is 25.9 Å². The van der Waals surface area contributed by atoms with Crippen LogP contribution in [-0.2, 0) is 19.0 Å². The number of halogens is 5. The Balaban J connectivity index is 0.00000105. The molecule has 0 fully saturated rings. The largest absolute Gasteiger partial charge is 0.463 e. The van der Waals surface area contributed by atoms with Crippen LogP contribution >= 0.6 is 0 Å². The zero-order valence-electron chi connectivity index (χ0n) is 29.1. The first-order valence-corrected chi connectivity index (χ1v) is 16.3. The fraction of sp³-hybridized carbons (Fsp3) is 0.486. The molecular weight excluding hydrogens is 629 g/mol. The van der Waals surface area contributed by atoms with Crippen molar-refractivity contribution < 1.29 is 26.7 Å². The number of nitrogens with two attached hydrogens (primary N) is 1. The predicted molar refractivity (Wildman–Crippen MR) is 183 cm³/mol. The van der Waals surface area contributed by atoms with Crippen molar-refractivity contribution in [3.8, 4) is 17.3 Å². The number of hydrogen-bond donors (Lipinski definition) is 3. The lowest BCUT2D eigenvalue weighted by Crippen LogP contribution is -2.19. The first-order chi connectivity index (χ1) is 22.8. The Labute approximate surface area is 280 Å². The van der Waals surface area contributed by atoms with Gasteiger partial charge in [0.1, 0.15) is 22.8 Å². The fourth-order valence-corrected chi connectivity index (χ4v) is 4.48. The normalized spacial score (nSPS) is 11.1. The van der Waals surface area contributed by atoms with Gasteiger partial charge in [0.25, 0.3) is 0 Å². The van der Waals surface area contributed by atoms with E-state index >= 15 is 4.39 Å². The number of anilines is 2. The van der Waals surface area contributed by atoms with Crippen LogP contribution in [0.2, 0.25) is 0 Å². The van der Waals surface area contributed by atoms with Crippen molar-refractivity contribution in [2.75, 3.05) is 37.8 Å². The summed E-state index contributed by atoms with van der Waals surface area (Å²) in [7, 11) is 1.76. The molecule has 3 heterocycles. The van der Waals surface area contributed by atoms with Crippen molar-refractivity contribution >= 4 is 22.4 Å². The van der Waals surface area contributed by atoms with Gasteiger partial charge in [0, 0.05) is 37.0 Å². The molecule has 0 atom stereocenters. The van der Waals surface area contributed by atoms with Crippen LogP contribution < -0.4 is 21.1 Å². The number of hydrogen-bond acceptors (Lipinski definition) is 8. The topological polar surface area (TPSA) is 111 Å². The smallest absolute Gasteiger partial charge is 0.417 e. The van der Waals surface area contributed by atoms with Crippen LogP contribution in [0.3, 0.4) is 0 Å². The van der Waals surface area contributed by atoms with Gasteiger partial charge >= 0.3 is 12.2 Å². The third kappa shape index (κ3) is 10.4. The highest BCUT2D eigenvalue weighted by Crippen LogP contribution is 2.43. The van der Waals surface area contributed by atoms with Crippen LogP contribution in [0.1, 0.15) is 76.9 Å². The predicted octanol–water partition coefficient (Wildman–Crippen LogP) is 8.56. The minimum atomic E-state index is -5.01. The van der Waals surface area contributed by atoms with E-state index in [2.05, 4.69) is 51.3 Å². The van der Waals surface area contributed by atoms with Gasteiger partial charge < -0.3 is 21.1 Å². The van der Waals surface area contributed by atoms with E-state index in [-0.39, 0.29) is 41.5 Å². The van der Waals surface area contributed by atoms with Gasteiger partial charge in [-0.2, -0.15) is 23.1 Å². The van der Waals surface area contributed by atoms with E-state index in [1.54, 1.807) is 19.3 Å². The highest BCUT2D eigenvalue weighted by Gasteiger charge is 2.39. The van der Waals surface area contributed by atoms with Crippen LogP contribution in [0.4, 0.5) is 33.5 Å². The molecule has 0 saturated carbocycles. The zero-order chi connectivity index (χ0) is 36.0. The van der Waals surface area contributed by atoms with Gasteiger partial charge in [-0.05, 0) is 50.1 Å². The Bertz CT molecular complexity index is 1600. The SMILES string of the molecule is CC.CCC(C)C.CCCc1nc(-c2cc(N)c(F)c(C)c2C(F)(F)F)c(F)c2nc(OCCc3ccccn3)nc(NCCNC)c12. The number of aromatic nitrogens is 4. The Kier molecular flexibility index (Phi) is 15.9. The molecule has 0 aliphatic heterocycles. The maximum absolute atomic E-state index is 16.3. The van der Waals surface area contributed by atoms with Crippen LogP contribution in [0.25, 0.3) is 22.2 Å². The lowest BCUT2D eigenvalue weighted by atomic mass is 9.95. The van der Waals surface area contributed by atoms with Crippen LogP contribution in [0, 0.1) is 24.5 Å². The quantitative estimate of drug-likeness (QED) is 0.0777. The number of aryl methyl sites for hydroxylation is 1. The molecule has 0 bridgehead atoms. The minimum absolute atomic E-state index is 0.117. The number of alkyl halides is 3. The maximum atomic E-state index is 16.3. The molecular formula is C35H48F5N7O. The summed E-state index contributed by atoms with van der Waals surface area (Å²) in [5.74, 6) is -1.25. The second-order valence-corrected chi connectivity index (χ2v) is 11.1.